The number of nitrogens with zero attached hydrogens (tertiary/aromatic N) is 2. The molecule has 0 rings (SSSR count). The van der Waals surface area contributed by atoms with Crippen LogP contribution in [0.4, 0.5) is 0 Å². The van der Waals surface area contributed by atoms with Crippen molar-refractivity contribution in [2.75, 3.05) is 13.2 Å². The molecule has 0 fully saturated rings. The lowest BCUT2D eigenvalue weighted by atomic mass is 10.5. The Morgan fingerprint density at radius 2 is 1.50 bits per heavy atom. The fourth-order valence-electron chi connectivity index (χ4n) is 0.400. The van der Waals surface area contributed by atoms with Crippen LogP contribution >= 0.6 is 8.53 Å². The van der Waals surface area contributed by atoms with Gasteiger partial charge in [-0.15, -0.1) is 0 Å². The molecular formula is C6H10N3O2P. The smallest absolute Gasteiger partial charge is 0.252 e. The summed E-state index contributed by atoms with van der Waals surface area (Å²) in [6.45, 7) is 0.566. The molecule has 5 nitrogen and oxygen atoms in total. The first-order valence-corrected chi connectivity index (χ1v) is 4.60. The van der Waals surface area contributed by atoms with Crippen molar-refractivity contribution in [1.29, 1.82) is 10.5 Å². The second kappa shape index (κ2) is 8.39. The molecule has 0 saturated carbocycles. The third-order valence-corrected chi connectivity index (χ3v) is 1.74. The van der Waals surface area contributed by atoms with E-state index < -0.39 is 8.53 Å². The van der Waals surface area contributed by atoms with Crippen molar-refractivity contribution >= 4 is 8.53 Å². The van der Waals surface area contributed by atoms with E-state index in [1.165, 1.54) is 0 Å². The molecule has 0 aliphatic carbocycles. The van der Waals surface area contributed by atoms with Gasteiger partial charge in [-0.2, -0.15) is 10.5 Å². The van der Waals surface area contributed by atoms with Gasteiger partial charge in [-0.05, 0) is 0 Å². The zero-order valence-electron chi connectivity index (χ0n) is 6.56. The molecule has 66 valence electrons. The lowest BCUT2D eigenvalue weighted by molar-refractivity contribution is 0.258. The van der Waals surface area contributed by atoms with E-state index in [9.17, 15) is 0 Å². The molecule has 0 unspecified atom stereocenters. The van der Waals surface area contributed by atoms with Gasteiger partial charge in [0.1, 0.15) is 0 Å². The van der Waals surface area contributed by atoms with E-state index in [1.54, 1.807) is 0 Å². The van der Waals surface area contributed by atoms with E-state index in [0.29, 0.717) is 12.8 Å². The predicted molar refractivity (Wildman–Crippen MR) is 43.5 cm³/mol. The fraction of sp³-hybridized carbons (Fsp3) is 0.667. The highest BCUT2D eigenvalue weighted by atomic mass is 31.2. The van der Waals surface area contributed by atoms with Gasteiger partial charge >= 0.3 is 0 Å². The first kappa shape index (κ1) is 11.3. The summed E-state index contributed by atoms with van der Waals surface area (Å²) in [7, 11) is -1.41. The van der Waals surface area contributed by atoms with E-state index in [1.807, 2.05) is 12.1 Å². The lowest BCUT2D eigenvalue weighted by Gasteiger charge is -2.09. The third-order valence-electron chi connectivity index (χ3n) is 0.865. The van der Waals surface area contributed by atoms with E-state index in [2.05, 4.69) is 0 Å². The summed E-state index contributed by atoms with van der Waals surface area (Å²) in [5, 5.41) is 16.3. The molecule has 0 atom stereocenters. The van der Waals surface area contributed by atoms with Crippen LogP contribution in [0, 0.1) is 22.7 Å². The Morgan fingerprint density at radius 1 is 1.08 bits per heavy atom. The van der Waals surface area contributed by atoms with Gasteiger partial charge in [0.15, 0.2) is 0 Å². The molecule has 0 saturated heterocycles. The summed E-state index contributed by atoms with van der Waals surface area (Å²) in [6, 6.07) is 3.82. The second-order valence-electron chi connectivity index (χ2n) is 1.77. The highest BCUT2D eigenvalue weighted by molar-refractivity contribution is 7.44. The largest absolute Gasteiger partial charge is 0.321 e. The van der Waals surface area contributed by atoms with Crippen LogP contribution in [0.15, 0.2) is 0 Å². The SMILES string of the molecule is N#CCCOP(N)OCCC#N. The number of hydrogen-bond acceptors (Lipinski definition) is 5. The molecule has 0 radical (unpaired) electrons. The molecule has 6 heteroatoms. The van der Waals surface area contributed by atoms with Gasteiger partial charge in [-0.1, -0.05) is 0 Å². The summed E-state index contributed by atoms with van der Waals surface area (Å²) in [5.41, 5.74) is 5.36. The molecule has 12 heavy (non-hydrogen) atoms. The molecule has 0 aliphatic rings. The molecular weight excluding hydrogens is 177 g/mol. The van der Waals surface area contributed by atoms with Crippen LogP contribution in [0.1, 0.15) is 12.8 Å². The standard InChI is InChI=1S/C6H10N3O2P/c7-3-1-5-10-12(9)11-6-2-4-8/h1-2,5-6,9H2. The Labute approximate surface area is 72.6 Å². The zero-order valence-corrected chi connectivity index (χ0v) is 7.46. The maximum absolute atomic E-state index is 8.15. The Balaban J connectivity index is 3.18. The number of nitriles is 2. The monoisotopic (exact) mass is 187 g/mol. The van der Waals surface area contributed by atoms with Crippen molar-refractivity contribution in [1.82, 2.24) is 0 Å². The van der Waals surface area contributed by atoms with Crippen LogP contribution in [0.25, 0.3) is 0 Å². The minimum absolute atomic E-state index is 0.283. The normalized spacial score (nSPS) is 9.33. The maximum atomic E-state index is 8.15. The van der Waals surface area contributed by atoms with E-state index in [0.717, 1.165) is 0 Å². The van der Waals surface area contributed by atoms with Crippen molar-refractivity contribution in [3.05, 3.63) is 0 Å². The topological polar surface area (TPSA) is 92.1 Å². The minimum Gasteiger partial charge on any atom is -0.321 e. The van der Waals surface area contributed by atoms with Crippen molar-refractivity contribution in [3.63, 3.8) is 0 Å². The van der Waals surface area contributed by atoms with E-state index in [4.69, 9.17) is 25.1 Å². The van der Waals surface area contributed by atoms with E-state index in [-0.39, 0.29) is 13.2 Å². The van der Waals surface area contributed by atoms with Crippen LogP contribution in [-0.4, -0.2) is 13.2 Å². The van der Waals surface area contributed by atoms with Gasteiger partial charge in [0.25, 0.3) is 8.53 Å². The Hall–Kier alpha value is -0.710. The minimum atomic E-state index is -1.41. The summed E-state index contributed by atoms with van der Waals surface area (Å²) in [6.07, 6.45) is 0.606. The number of rotatable bonds is 6. The van der Waals surface area contributed by atoms with Crippen molar-refractivity contribution in [2.24, 2.45) is 5.50 Å². The highest BCUT2D eigenvalue weighted by Crippen LogP contribution is 2.28. The first-order valence-electron chi connectivity index (χ1n) is 3.36. The van der Waals surface area contributed by atoms with E-state index >= 15 is 0 Å². The molecule has 0 heterocycles. The Bertz CT molecular complexity index is 166. The van der Waals surface area contributed by atoms with Gasteiger partial charge in [0.05, 0.1) is 38.2 Å². The van der Waals surface area contributed by atoms with Gasteiger partial charge < -0.3 is 9.05 Å². The van der Waals surface area contributed by atoms with Gasteiger partial charge in [0.2, 0.25) is 0 Å². The summed E-state index contributed by atoms with van der Waals surface area (Å²) in [5.74, 6) is 0. The molecule has 0 aromatic carbocycles. The number of hydrogen-bond donors (Lipinski definition) is 1. The Morgan fingerprint density at radius 3 is 1.83 bits per heavy atom. The first-order chi connectivity index (χ1) is 5.81. The molecule has 0 bridgehead atoms. The molecule has 0 spiro atoms. The highest BCUT2D eigenvalue weighted by Gasteiger charge is 2.02. The summed E-state index contributed by atoms with van der Waals surface area (Å²) >= 11 is 0. The predicted octanol–water partition coefficient (Wildman–Crippen LogP) is 1.03. The molecule has 0 aromatic rings. The second-order valence-corrected chi connectivity index (χ2v) is 2.86. The molecule has 2 N–H and O–H groups in total. The maximum Gasteiger partial charge on any atom is 0.252 e. The van der Waals surface area contributed by atoms with Crippen molar-refractivity contribution in [3.8, 4) is 12.1 Å². The van der Waals surface area contributed by atoms with Crippen LogP contribution in [0.5, 0.6) is 0 Å². The average Bonchev–Trinajstić information content (AvgIpc) is 2.06. The van der Waals surface area contributed by atoms with Crippen LogP contribution < -0.4 is 5.50 Å². The molecule has 0 amide bonds. The molecule has 0 aliphatic heterocycles. The van der Waals surface area contributed by atoms with Gasteiger partial charge in [-0.3, -0.25) is 5.50 Å². The van der Waals surface area contributed by atoms with Crippen LogP contribution in [-0.2, 0) is 9.05 Å². The number of nitrogens with two attached hydrogens (primary N) is 1. The summed E-state index contributed by atoms with van der Waals surface area (Å²) < 4.78 is 9.83. The van der Waals surface area contributed by atoms with Gasteiger partial charge in [0, 0.05) is 0 Å². The lowest BCUT2D eigenvalue weighted by Crippen LogP contribution is -2.00. The third kappa shape index (κ3) is 7.40. The average molecular weight is 187 g/mol. The van der Waals surface area contributed by atoms with Crippen molar-refractivity contribution in [2.45, 2.75) is 12.8 Å². The van der Waals surface area contributed by atoms with Crippen LogP contribution in [0.2, 0.25) is 0 Å². The molecule has 0 aromatic heterocycles. The summed E-state index contributed by atoms with van der Waals surface area (Å²) in [4.78, 5) is 0. The van der Waals surface area contributed by atoms with Crippen molar-refractivity contribution < 1.29 is 9.05 Å². The quantitative estimate of drug-likeness (QED) is 0.495. The zero-order chi connectivity index (χ0) is 9.23. The fourth-order valence-corrected chi connectivity index (χ4v) is 1.02. The van der Waals surface area contributed by atoms with Gasteiger partial charge in [-0.25, -0.2) is 0 Å². The van der Waals surface area contributed by atoms with Crippen LogP contribution in [0.3, 0.4) is 0 Å². The Kier molecular flexibility index (Phi) is 7.89.